The first-order valence-electron chi connectivity index (χ1n) is 10.5. The van der Waals surface area contributed by atoms with E-state index in [1.54, 1.807) is 43.6 Å². The maximum atomic E-state index is 13.3. The number of aromatic nitrogens is 5. The molecule has 178 valence electrons. The van der Waals surface area contributed by atoms with Gasteiger partial charge in [-0.1, -0.05) is 6.07 Å². The van der Waals surface area contributed by atoms with Gasteiger partial charge in [0.2, 0.25) is 5.88 Å². The van der Waals surface area contributed by atoms with Gasteiger partial charge in [-0.05, 0) is 30.3 Å². The van der Waals surface area contributed by atoms with Crippen LogP contribution in [0, 0.1) is 0 Å². The molecule has 0 saturated heterocycles. The molecule has 1 aromatic carbocycles. The van der Waals surface area contributed by atoms with Gasteiger partial charge in [0.15, 0.2) is 0 Å². The number of nitrogens with zero attached hydrogens (tertiary/aromatic N) is 5. The first-order chi connectivity index (χ1) is 16.7. The lowest BCUT2D eigenvalue weighted by molar-refractivity contribution is -0.137. The molecule has 0 unspecified atom stereocenters. The highest BCUT2D eigenvalue weighted by molar-refractivity contribution is 6.04. The van der Waals surface area contributed by atoms with Crippen molar-refractivity contribution in [2.45, 2.75) is 6.18 Å². The molecular weight excluding hydrogens is 461 g/mol. The van der Waals surface area contributed by atoms with Crippen LogP contribution in [0.2, 0.25) is 0 Å². The fourth-order valence-corrected chi connectivity index (χ4v) is 4.06. The molecule has 8 nitrogen and oxygen atoms in total. The Morgan fingerprint density at radius 3 is 2.49 bits per heavy atom. The molecule has 0 saturated carbocycles. The topological polar surface area (TPSA) is 86.9 Å². The largest absolute Gasteiger partial charge is 0.481 e. The van der Waals surface area contributed by atoms with Crippen molar-refractivity contribution in [2.24, 2.45) is 7.05 Å². The lowest BCUT2D eigenvalue weighted by atomic mass is 10.1. The Morgan fingerprint density at radius 1 is 1.03 bits per heavy atom. The summed E-state index contributed by atoms with van der Waals surface area (Å²) in [5, 5.41) is 3.16. The molecule has 0 amide bonds. The second-order valence-corrected chi connectivity index (χ2v) is 7.80. The summed E-state index contributed by atoms with van der Waals surface area (Å²) in [6.07, 6.45) is -1.38. The standard InChI is InChI=1S/C24H19F3N6O2/c1-28-22-16(24(25,26)27)6-8-17(31-22)13-4-7-18-15(10-13)21-19(12-29-18)32(2)23(34)33(21)14-5-9-20(35-3)30-11-14/h4-12H,1-3H3,(H,28,31). The molecule has 0 aliphatic heterocycles. The van der Waals surface area contributed by atoms with Crippen LogP contribution in [0.15, 0.2) is 59.7 Å². The quantitative estimate of drug-likeness (QED) is 0.410. The van der Waals surface area contributed by atoms with Crippen LogP contribution in [-0.2, 0) is 13.2 Å². The number of methoxy groups -OCH3 is 1. The van der Waals surface area contributed by atoms with Gasteiger partial charge in [-0.25, -0.2) is 14.8 Å². The van der Waals surface area contributed by atoms with Gasteiger partial charge in [-0.2, -0.15) is 13.2 Å². The van der Waals surface area contributed by atoms with Crippen molar-refractivity contribution >= 4 is 27.8 Å². The number of fused-ring (bicyclic) bond motifs is 3. The second-order valence-electron chi connectivity index (χ2n) is 7.80. The van der Waals surface area contributed by atoms with E-state index in [1.807, 2.05) is 0 Å². The summed E-state index contributed by atoms with van der Waals surface area (Å²) < 4.78 is 48.0. The van der Waals surface area contributed by atoms with Gasteiger partial charge in [0.05, 0.1) is 53.0 Å². The van der Waals surface area contributed by atoms with Crippen molar-refractivity contribution in [3.63, 3.8) is 0 Å². The van der Waals surface area contributed by atoms with Crippen molar-refractivity contribution in [1.82, 2.24) is 24.1 Å². The summed E-state index contributed by atoms with van der Waals surface area (Å²) in [5.41, 5.74) is 2.11. The number of ether oxygens (including phenoxy) is 1. The van der Waals surface area contributed by atoms with E-state index in [1.165, 1.54) is 35.6 Å². The number of benzene rings is 1. The van der Waals surface area contributed by atoms with Crippen LogP contribution >= 0.6 is 0 Å². The Labute approximate surface area is 196 Å². The number of pyridine rings is 3. The van der Waals surface area contributed by atoms with Crippen molar-refractivity contribution < 1.29 is 17.9 Å². The minimum atomic E-state index is -4.53. The van der Waals surface area contributed by atoms with Crippen LogP contribution in [-0.4, -0.2) is 38.2 Å². The monoisotopic (exact) mass is 480 g/mol. The molecule has 35 heavy (non-hydrogen) atoms. The maximum Gasteiger partial charge on any atom is 0.419 e. The second kappa shape index (κ2) is 8.12. The van der Waals surface area contributed by atoms with Crippen molar-refractivity contribution in [3.8, 4) is 22.8 Å². The van der Waals surface area contributed by atoms with E-state index in [9.17, 15) is 18.0 Å². The molecular formula is C24H19F3N6O2. The van der Waals surface area contributed by atoms with Crippen LogP contribution in [0.4, 0.5) is 19.0 Å². The number of nitrogens with one attached hydrogen (secondary N) is 1. The first-order valence-corrected chi connectivity index (χ1v) is 10.5. The SMILES string of the molecule is CNc1nc(-c2ccc3ncc4c(c3c2)n(-c2ccc(OC)nc2)c(=O)n4C)ccc1C(F)(F)F. The molecule has 0 aliphatic rings. The lowest BCUT2D eigenvalue weighted by Crippen LogP contribution is -2.20. The minimum Gasteiger partial charge on any atom is -0.481 e. The third-order valence-corrected chi connectivity index (χ3v) is 5.80. The normalized spacial score (nSPS) is 11.8. The lowest BCUT2D eigenvalue weighted by Gasteiger charge is -2.13. The fourth-order valence-electron chi connectivity index (χ4n) is 4.06. The van der Waals surface area contributed by atoms with Gasteiger partial charge in [0, 0.05) is 31.1 Å². The van der Waals surface area contributed by atoms with Gasteiger partial charge in [-0.15, -0.1) is 0 Å². The third kappa shape index (κ3) is 3.65. The van der Waals surface area contributed by atoms with E-state index in [-0.39, 0.29) is 11.5 Å². The number of hydrogen-bond donors (Lipinski definition) is 1. The molecule has 1 N–H and O–H groups in total. The summed E-state index contributed by atoms with van der Waals surface area (Å²) >= 11 is 0. The predicted octanol–water partition coefficient (Wildman–Crippen LogP) is 4.40. The van der Waals surface area contributed by atoms with Crippen LogP contribution in [0.25, 0.3) is 38.9 Å². The molecule has 0 aliphatic carbocycles. The summed E-state index contributed by atoms with van der Waals surface area (Å²) in [4.78, 5) is 26.0. The predicted molar refractivity (Wildman–Crippen MR) is 126 cm³/mol. The van der Waals surface area contributed by atoms with Gasteiger partial charge in [-0.3, -0.25) is 14.1 Å². The fraction of sp³-hybridized carbons (Fsp3) is 0.167. The van der Waals surface area contributed by atoms with E-state index in [2.05, 4.69) is 20.3 Å². The van der Waals surface area contributed by atoms with Gasteiger partial charge < -0.3 is 10.1 Å². The van der Waals surface area contributed by atoms with Gasteiger partial charge in [0.25, 0.3) is 0 Å². The molecule has 4 heterocycles. The van der Waals surface area contributed by atoms with E-state index in [0.717, 1.165) is 6.07 Å². The minimum absolute atomic E-state index is 0.271. The number of hydrogen-bond acceptors (Lipinski definition) is 6. The summed E-state index contributed by atoms with van der Waals surface area (Å²) in [6.45, 7) is 0. The van der Waals surface area contributed by atoms with E-state index >= 15 is 0 Å². The number of aryl methyl sites for hydroxylation is 1. The van der Waals surface area contributed by atoms with Crippen LogP contribution < -0.4 is 15.7 Å². The molecule has 11 heteroatoms. The smallest absolute Gasteiger partial charge is 0.419 e. The highest BCUT2D eigenvalue weighted by Crippen LogP contribution is 2.36. The first kappa shape index (κ1) is 22.4. The molecule has 0 radical (unpaired) electrons. The number of alkyl halides is 3. The Hall–Kier alpha value is -4.41. The zero-order valence-electron chi connectivity index (χ0n) is 18.9. The molecule has 5 rings (SSSR count). The van der Waals surface area contributed by atoms with Gasteiger partial charge in [0.1, 0.15) is 5.82 Å². The Kier molecular flexibility index (Phi) is 5.19. The van der Waals surface area contributed by atoms with Crippen LogP contribution in [0.3, 0.4) is 0 Å². The van der Waals surface area contributed by atoms with E-state index in [4.69, 9.17) is 4.74 Å². The Balaban J connectivity index is 1.76. The average Bonchev–Trinajstić information content (AvgIpc) is 3.13. The zero-order chi connectivity index (χ0) is 24.9. The number of rotatable bonds is 4. The van der Waals surface area contributed by atoms with E-state index < -0.39 is 11.7 Å². The molecule has 0 atom stereocenters. The molecule has 0 bridgehead atoms. The van der Waals surface area contributed by atoms with Crippen molar-refractivity contribution in [3.05, 3.63) is 70.9 Å². The van der Waals surface area contributed by atoms with Crippen LogP contribution in [0.1, 0.15) is 5.56 Å². The molecule has 0 fully saturated rings. The highest BCUT2D eigenvalue weighted by Gasteiger charge is 2.34. The van der Waals surface area contributed by atoms with Crippen molar-refractivity contribution in [1.29, 1.82) is 0 Å². The third-order valence-electron chi connectivity index (χ3n) is 5.80. The van der Waals surface area contributed by atoms with Gasteiger partial charge >= 0.3 is 11.9 Å². The molecule has 4 aromatic heterocycles. The zero-order valence-corrected chi connectivity index (χ0v) is 18.9. The number of halogens is 3. The molecule has 5 aromatic rings. The van der Waals surface area contributed by atoms with E-state index in [0.29, 0.717) is 44.8 Å². The Bertz CT molecular complexity index is 1640. The highest BCUT2D eigenvalue weighted by atomic mass is 19.4. The maximum absolute atomic E-state index is 13.3. The average molecular weight is 480 g/mol. The van der Waals surface area contributed by atoms with Crippen molar-refractivity contribution in [2.75, 3.05) is 19.5 Å². The number of imidazole rings is 1. The number of anilines is 1. The summed E-state index contributed by atoms with van der Waals surface area (Å²) in [5.74, 6) is 0.136. The summed E-state index contributed by atoms with van der Waals surface area (Å²) in [6, 6.07) is 10.9. The molecule has 0 spiro atoms. The summed E-state index contributed by atoms with van der Waals surface area (Å²) in [7, 11) is 4.54. The Morgan fingerprint density at radius 2 is 1.83 bits per heavy atom. The van der Waals surface area contributed by atoms with Crippen LogP contribution in [0.5, 0.6) is 5.88 Å².